The fraction of sp³-hybridized carbons (Fsp3) is 0.533. The molecule has 1 heterocycles. The number of nitrogens with two attached hydrogens (primary N) is 1. The van der Waals surface area contributed by atoms with Gasteiger partial charge in [0.1, 0.15) is 5.82 Å². The number of anilines is 2. The molecular weight excluding hydrogens is 273 g/mol. The Kier molecular flexibility index (Phi) is 5.52. The molecule has 1 atom stereocenters. The third kappa shape index (κ3) is 4.68. The molecule has 1 aliphatic rings. The van der Waals surface area contributed by atoms with Gasteiger partial charge in [0.2, 0.25) is 5.91 Å². The van der Waals surface area contributed by atoms with Crippen LogP contribution in [0.5, 0.6) is 0 Å². The summed E-state index contributed by atoms with van der Waals surface area (Å²) in [5.41, 5.74) is 6.35. The standard InChI is InChI=1S/C15H22FN3O2/c1-21-12-3-2-7-19(10-12)8-6-15(20)18-14-5-4-11(16)9-13(14)17/h4-5,9,12H,2-3,6-8,10,17H2,1H3,(H,18,20). The number of nitrogens with zero attached hydrogens (tertiary/aromatic N) is 1. The van der Waals surface area contributed by atoms with E-state index in [1.54, 1.807) is 7.11 Å². The number of piperidine rings is 1. The van der Waals surface area contributed by atoms with Gasteiger partial charge in [-0.1, -0.05) is 0 Å². The number of methoxy groups -OCH3 is 1. The number of carbonyl (C=O) groups is 1. The Hall–Kier alpha value is -1.66. The van der Waals surface area contributed by atoms with E-state index in [4.69, 9.17) is 10.5 Å². The van der Waals surface area contributed by atoms with Crippen LogP contribution in [0.15, 0.2) is 18.2 Å². The number of ether oxygens (including phenoxy) is 1. The van der Waals surface area contributed by atoms with Gasteiger partial charge in [-0.05, 0) is 37.6 Å². The molecule has 0 aromatic heterocycles. The summed E-state index contributed by atoms with van der Waals surface area (Å²) in [7, 11) is 1.72. The van der Waals surface area contributed by atoms with E-state index in [1.165, 1.54) is 18.2 Å². The molecule has 0 aliphatic carbocycles. The first-order valence-corrected chi connectivity index (χ1v) is 7.18. The van der Waals surface area contributed by atoms with E-state index in [2.05, 4.69) is 10.2 Å². The van der Waals surface area contributed by atoms with E-state index >= 15 is 0 Å². The topological polar surface area (TPSA) is 67.6 Å². The average Bonchev–Trinajstić information content (AvgIpc) is 2.48. The maximum atomic E-state index is 12.9. The van der Waals surface area contributed by atoms with E-state index in [0.717, 1.165) is 25.9 Å². The molecule has 0 radical (unpaired) electrons. The minimum atomic E-state index is -0.413. The van der Waals surface area contributed by atoms with Crippen molar-refractivity contribution in [2.75, 3.05) is 37.8 Å². The van der Waals surface area contributed by atoms with Gasteiger partial charge in [0.15, 0.2) is 0 Å². The molecule has 1 amide bonds. The van der Waals surface area contributed by atoms with Crippen LogP contribution in [-0.2, 0) is 9.53 Å². The predicted octanol–water partition coefficient (Wildman–Crippen LogP) is 1.85. The summed E-state index contributed by atoms with van der Waals surface area (Å²) in [5, 5.41) is 2.71. The van der Waals surface area contributed by atoms with Gasteiger partial charge >= 0.3 is 0 Å². The molecule has 1 unspecified atom stereocenters. The molecule has 3 N–H and O–H groups in total. The lowest BCUT2D eigenvalue weighted by atomic mass is 10.1. The van der Waals surface area contributed by atoms with Gasteiger partial charge in [-0.15, -0.1) is 0 Å². The van der Waals surface area contributed by atoms with E-state index in [-0.39, 0.29) is 17.7 Å². The second kappa shape index (κ2) is 7.38. The largest absolute Gasteiger partial charge is 0.397 e. The van der Waals surface area contributed by atoms with Gasteiger partial charge in [-0.25, -0.2) is 4.39 Å². The maximum Gasteiger partial charge on any atom is 0.225 e. The highest BCUT2D eigenvalue weighted by Crippen LogP contribution is 2.19. The molecular formula is C15H22FN3O2. The number of carbonyl (C=O) groups excluding carboxylic acids is 1. The Morgan fingerprint density at radius 3 is 3.10 bits per heavy atom. The third-order valence-corrected chi connectivity index (χ3v) is 3.74. The molecule has 1 aliphatic heterocycles. The number of nitrogens with one attached hydrogen (secondary N) is 1. The van der Waals surface area contributed by atoms with Gasteiger partial charge in [0.05, 0.1) is 17.5 Å². The van der Waals surface area contributed by atoms with Gasteiger partial charge in [0.25, 0.3) is 0 Å². The first kappa shape index (κ1) is 15.7. The van der Waals surface area contributed by atoms with Gasteiger partial charge in [-0.3, -0.25) is 4.79 Å². The Balaban J connectivity index is 1.79. The van der Waals surface area contributed by atoms with Crippen molar-refractivity contribution < 1.29 is 13.9 Å². The lowest BCUT2D eigenvalue weighted by Crippen LogP contribution is -2.40. The number of hydrogen-bond acceptors (Lipinski definition) is 4. The van der Waals surface area contributed by atoms with Crippen molar-refractivity contribution >= 4 is 17.3 Å². The monoisotopic (exact) mass is 295 g/mol. The fourth-order valence-corrected chi connectivity index (χ4v) is 2.53. The Morgan fingerprint density at radius 1 is 1.57 bits per heavy atom. The normalized spacial score (nSPS) is 19.4. The van der Waals surface area contributed by atoms with Crippen molar-refractivity contribution in [1.82, 2.24) is 4.90 Å². The zero-order valence-electron chi connectivity index (χ0n) is 12.3. The molecule has 21 heavy (non-hydrogen) atoms. The highest BCUT2D eigenvalue weighted by atomic mass is 19.1. The smallest absolute Gasteiger partial charge is 0.225 e. The van der Waals surface area contributed by atoms with Crippen molar-refractivity contribution in [3.05, 3.63) is 24.0 Å². The summed E-state index contributed by atoms with van der Waals surface area (Å²) >= 11 is 0. The van der Waals surface area contributed by atoms with Crippen LogP contribution in [0.4, 0.5) is 15.8 Å². The zero-order chi connectivity index (χ0) is 15.2. The molecule has 5 nitrogen and oxygen atoms in total. The molecule has 1 saturated heterocycles. The van der Waals surface area contributed by atoms with Gasteiger partial charge in [-0.2, -0.15) is 0 Å². The summed E-state index contributed by atoms with van der Waals surface area (Å²) in [4.78, 5) is 14.2. The summed E-state index contributed by atoms with van der Waals surface area (Å²) in [6.45, 7) is 2.54. The van der Waals surface area contributed by atoms with Crippen LogP contribution < -0.4 is 11.1 Å². The molecule has 0 spiro atoms. The van der Waals surface area contributed by atoms with Crippen LogP contribution in [0.25, 0.3) is 0 Å². The minimum Gasteiger partial charge on any atom is -0.397 e. The lowest BCUT2D eigenvalue weighted by molar-refractivity contribution is -0.116. The van der Waals surface area contributed by atoms with E-state index in [0.29, 0.717) is 18.7 Å². The quantitative estimate of drug-likeness (QED) is 0.814. The molecule has 1 aromatic carbocycles. The van der Waals surface area contributed by atoms with Crippen molar-refractivity contribution in [3.63, 3.8) is 0 Å². The number of halogens is 1. The summed E-state index contributed by atoms with van der Waals surface area (Å²) in [5.74, 6) is -0.530. The van der Waals surface area contributed by atoms with Crippen molar-refractivity contribution in [1.29, 1.82) is 0 Å². The van der Waals surface area contributed by atoms with Crippen LogP contribution in [0, 0.1) is 5.82 Å². The summed E-state index contributed by atoms with van der Waals surface area (Å²) < 4.78 is 18.3. The van der Waals surface area contributed by atoms with E-state index in [9.17, 15) is 9.18 Å². The number of likely N-dealkylation sites (tertiary alicyclic amines) is 1. The summed E-state index contributed by atoms with van der Waals surface area (Å²) in [6, 6.07) is 3.95. The first-order chi connectivity index (χ1) is 10.1. The first-order valence-electron chi connectivity index (χ1n) is 7.18. The van der Waals surface area contributed by atoms with Crippen LogP contribution in [0.1, 0.15) is 19.3 Å². The zero-order valence-corrected chi connectivity index (χ0v) is 12.3. The average molecular weight is 295 g/mol. The van der Waals surface area contributed by atoms with Crippen LogP contribution in [-0.4, -0.2) is 43.7 Å². The van der Waals surface area contributed by atoms with Gasteiger partial charge < -0.3 is 20.7 Å². The molecule has 2 rings (SSSR count). The predicted molar refractivity (Wildman–Crippen MR) is 80.5 cm³/mol. The molecule has 116 valence electrons. The van der Waals surface area contributed by atoms with Crippen LogP contribution >= 0.6 is 0 Å². The lowest BCUT2D eigenvalue weighted by Gasteiger charge is -2.31. The maximum absolute atomic E-state index is 12.9. The molecule has 1 fully saturated rings. The van der Waals surface area contributed by atoms with Crippen LogP contribution in [0.2, 0.25) is 0 Å². The summed E-state index contributed by atoms with van der Waals surface area (Å²) in [6.07, 6.45) is 2.80. The molecule has 0 bridgehead atoms. The Bertz CT molecular complexity index is 496. The fourth-order valence-electron chi connectivity index (χ4n) is 2.53. The second-order valence-electron chi connectivity index (χ2n) is 5.33. The number of nitrogen functional groups attached to an aromatic ring is 1. The van der Waals surface area contributed by atoms with Crippen molar-refractivity contribution in [3.8, 4) is 0 Å². The van der Waals surface area contributed by atoms with Crippen LogP contribution in [0.3, 0.4) is 0 Å². The SMILES string of the molecule is COC1CCCN(CCC(=O)Nc2ccc(F)cc2N)C1. The number of amides is 1. The molecule has 6 heteroatoms. The number of hydrogen-bond donors (Lipinski definition) is 2. The number of benzene rings is 1. The molecule has 0 saturated carbocycles. The minimum absolute atomic E-state index is 0.118. The van der Waals surface area contributed by atoms with E-state index < -0.39 is 5.82 Å². The number of rotatable bonds is 5. The molecule has 1 aromatic rings. The van der Waals surface area contributed by atoms with Crippen molar-refractivity contribution in [2.24, 2.45) is 0 Å². The van der Waals surface area contributed by atoms with Crippen molar-refractivity contribution in [2.45, 2.75) is 25.4 Å². The Labute approximate surface area is 124 Å². The highest BCUT2D eigenvalue weighted by Gasteiger charge is 2.19. The third-order valence-electron chi connectivity index (χ3n) is 3.74. The van der Waals surface area contributed by atoms with E-state index in [1.807, 2.05) is 0 Å². The highest BCUT2D eigenvalue weighted by molar-refractivity contribution is 5.93. The Morgan fingerprint density at radius 2 is 2.38 bits per heavy atom. The van der Waals surface area contributed by atoms with Gasteiger partial charge in [0, 0.05) is 26.6 Å². The second-order valence-corrected chi connectivity index (χ2v) is 5.33.